The van der Waals surface area contributed by atoms with Crippen LogP contribution in [0.4, 0.5) is 5.82 Å². The van der Waals surface area contributed by atoms with E-state index in [2.05, 4.69) is 27.8 Å². The van der Waals surface area contributed by atoms with Crippen LogP contribution in [-0.2, 0) is 6.54 Å². The first-order valence-electron chi connectivity index (χ1n) is 7.80. The van der Waals surface area contributed by atoms with Crippen molar-refractivity contribution in [1.82, 2.24) is 15.5 Å². The second kappa shape index (κ2) is 9.10. The van der Waals surface area contributed by atoms with Crippen molar-refractivity contribution in [1.29, 1.82) is 0 Å². The van der Waals surface area contributed by atoms with Crippen LogP contribution in [0.3, 0.4) is 0 Å². The van der Waals surface area contributed by atoms with Crippen LogP contribution in [0, 0.1) is 0 Å². The number of nitrogens with one attached hydrogen (secondary N) is 2. The fraction of sp³-hybridized carbons (Fsp3) is 0.353. The molecule has 0 atom stereocenters. The Labute approximate surface area is 141 Å². The standard InChI is InChI=1S/C17H21ClN4O/c1-2-3-6-11-19-17(23)15-9-10-16(22-21-15)20-12-13-7-4-5-8-14(13)18/h4-5,7-10H,2-3,6,11-12H2,1H3,(H,19,23)(H,20,22). The number of hydrogen-bond donors (Lipinski definition) is 2. The SMILES string of the molecule is CCCCCNC(=O)c1ccc(NCc2ccccc2Cl)nn1. The molecule has 0 bridgehead atoms. The fourth-order valence-corrected chi connectivity index (χ4v) is 2.25. The maximum Gasteiger partial charge on any atom is 0.271 e. The number of unbranched alkanes of at least 4 members (excludes halogenated alkanes) is 2. The number of amides is 1. The number of carbonyl (C=O) groups excluding carboxylic acids is 1. The number of halogens is 1. The summed E-state index contributed by atoms with van der Waals surface area (Å²) in [5, 5.41) is 14.7. The molecule has 0 saturated carbocycles. The van der Waals surface area contributed by atoms with Crippen molar-refractivity contribution in [2.24, 2.45) is 0 Å². The van der Waals surface area contributed by atoms with Crippen molar-refractivity contribution in [3.63, 3.8) is 0 Å². The molecule has 0 aliphatic heterocycles. The highest BCUT2D eigenvalue weighted by molar-refractivity contribution is 6.31. The fourth-order valence-electron chi connectivity index (χ4n) is 2.04. The van der Waals surface area contributed by atoms with E-state index >= 15 is 0 Å². The van der Waals surface area contributed by atoms with Gasteiger partial charge in [-0.1, -0.05) is 49.6 Å². The molecule has 0 saturated heterocycles. The molecular weight excluding hydrogens is 312 g/mol. The van der Waals surface area contributed by atoms with Crippen molar-refractivity contribution in [3.05, 3.63) is 52.7 Å². The number of benzene rings is 1. The molecular formula is C17H21ClN4O. The van der Waals surface area contributed by atoms with Crippen LogP contribution in [0.5, 0.6) is 0 Å². The summed E-state index contributed by atoms with van der Waals surface area (Å²) in [6, 6.07) is 11.0. The number of aromatic nitrogens is 2. The van der Waals surface area contributed by atoms with Crippen LogP contribution in [-0.4, -0.2) is 22.6 Å². The lowest BCUT2D eigenvalue weighted by molar-refractivity contribution is 0.0947. The molecule has 6 heteroatoms. The summed E-state index contributed by atoms with van der Waals surface area (Å²) < 4.78 is 0. The lowest BCUT2D eigenvalue weighted by Gasteiger charge is -2.07. The molecule has 0 unspecified atom stereocenters. The Hall–Kier alpha value is -2.14. The summed E-state index contributed by atoms with van der Waals surface area (Å²) in [5.41, 5.74) is 1.30. The highest BCUT2D eigenvalue weighted by atomic mass is 35.5. The van der Waals surface area contributed by atoms with Gasteiger partial charge >= 0.3 is 0 Å². The highest BCUT2D eigenvalue weighted by Gasteiger charge is 2.07. The Balaban J connectivity index is 1.84. The van der Waals surface area contributed by atoms with Gasteiger partial charge in [0.05, 0.1) is 0 Å². The van der Waals surface area contributed by atoms with Gasteiger partial charge in [0.25, 0.3) is 5.91 Å². The van der Waals surface area contributed by atoms with E-state index in [9.17, 15) is 4.79 Å². The summed E-state index contributed by atoms with van der Waals surface area (Å²) in [7, 11) is 0. The predicted molar refractivity (Wildman–Crippen MR) is 92.7 cm³/mol. The average molecular weight is 333 g/mol. The van der Waals surface area contributed by atoms with Crippen molar-refractivity contribution < 1.29 is 4.79 Å². The summed E-state index contributed by atoms with van der Waals surface area (Å²) in [6.45, 7) is 3.35. The summed E-state index contributed by atoms with van der Waals surface area (Å²) >= 11 is 6.10. The zero-order valence-corrected chi connectivity index (χ0v) is 13.9. The van der Waals surface area contributed by atoms with E-state index in [-0.39, 0.29) is 5.91 Å². The number of carbonyl (C=O) groups is 1. The van der Waals surface area contributed by atoms with E-state index in [4.69, 9.17) is 11.6 Å². The topological polar surface area (TPSA) is 66.9 Å². The summed E-state index contributed by atoms with van der Waals surface area (Å²) in [6.07, 6.45) is 3.21. The number of hydrogen-bond acceptors (Lipinski definition) is 4. The lowest BCUT2D eigenvalue weighted by atomic mass is 10.2. The van der Waals surface area contributed by atoms with Gasteiger partial charge in [0.1, 0.15) is 5.82 Å². The first-order valence-corrected chi connectivity index (χ1v) is 8.17. The molecule has 2 N–H and O–H groups in total. The quantitative estimate of drug-likeness (QED) is 0.724. The number of nitrogens with zero attached hydrogens (tertiary/aromatic N) is 2. The van der Waals surface area contributed by atoms with Gasteiger partial charge in [-0.3, -0.25) is 4.79 Å². The Morgan fingerprint density at radius 2 is 1.96 bits per heavy atom. The Morgan fingerprint density at radius 1 is 1.13 bits per heavy atom. The zero-order chi connectivity index (χ0) is 16.5. The first-order chi connectivity index (χ1) is 11.2. The molecule has 0 aliphatic carbocycles. The van der Waals surface area contributed by atoms with Crippen LogP contribution in [0.2, 0.25) is 5.02 Å². The molecule has 2 rings (SSSR count). The molecule has 1 heterocycles. The van der Waals surface area contributed by atoms with Crippen LogP contribution < -0.4 is 10.6 Å². The minimum absolute atomic E-state index is 0.189. The predicted octanol–water partition coefficient (Wildman–Crippen LogP) is 3.66. The Bertz CT molecular complexity index is 631. The van der Waals surface area contributed by atoms with E-state index in [1.165, 1.54) is 0 Å². The molecule has 0 fully saturated rings. The molecule has 1 aromatic carbocycles. The van der Waals surface area contributed by atoms with E-state index in [1.807, 2.05) is 24.3 Å². The Kier molecular flexibility index (Phi) is 6.81. The van der Waals surface area contributed by atoms with Crippen molar-refractivity contribution >= 4 is 23.3 Å². The molecule has 0 radical (unpaired) electrons. The molecule has 1 aromatic heterocycles. The maximum absolute atomic E-state index is 11.9. The lowest BCUT2D eigenvalue weighted by Crippen LogP contribution is -2.25. The molecule has 0 aliphatic rings. The highest BCUT2D eigenvalue weighted by Crippen LogP contribution is 2.16. The first kappa shape index (κ1) is 17.2. The van der Waals surface area contributed by atoms with Gasteiger partial charge < -0.3 is 10.6 Å². The van der Waals surface area contributed by atoms with Gasteiger partial charge in [-0.05, 0) is 30.2 Å². The molecule has 2 aromatic rings. The number of anilines is 1. The van der Waals surface area contributed by atoms with Gasteiger partial charge in [0.2, 0.25) is 0 Å². The summed E-state index contributed by atoms with van der Waals surface area (Å²) in [4.78, 5) is 11.9. The Morgan fingerprint density at radius 3 is 2.65 bits per heavy atom. The van der Waals surface area contributed by atoms with E-state index in [1.54, 1.807) is 12.1 Å². The molecule has 5 nitrogen and oxygen atoms in total. The third kappa shape index (κ3) is 5.53. The van der Waals surface area contributed by atoms with Crippen LogP contribution in [0.15, 0.2) is 36.4 Å². The van der Waals surface area contributed by atoms with Crippen LogP contribution in [0.1, 0.15) is 42.2 Å². The van der Waals surface area contributed by atoms with Crippen LogP contribution in [0.25, 0.3) is 0 Å². The minimum Gasteiger partial charge on any atom is -0.364 e. The third-order valence-electron chi connectivity index (χ3n) is 3.38. The van der Waals surface area contributed by atoms with Gasteiger partial charge in [0.15, 0.2) is 5.69 Å². The molecule has 0 spiro atoms. The van der Waals surface area contributed by atoms with E-state index in [0.29, 0.717) is 29.6 Å². The zero-order valence-electron chi connectivity index (χ0n) is 13.2. The molecule has 1 amide bonds. The van der Waals surface area contributed by atoms with Gasteiger partial charge in [-0.15, -0.1) is 10.2 Å². The number of rotatable bonds is 8. The average Bonchev–Trinajstić information content (AvgIpc) is 2.58. The van der Waals surface area contributed by atoms with Gasteiger partial charge in [0, 0.05) is 18.1 Å². The van der Waals surface area contributed by atoms with Crippen LogP contribution >= 0.6 is 11.6 Å². The molecule has 23 heavy (non-hydrogen) atoms. The maximum atomic E-state index is 11.9. The molecule has 122 valence electrons. The van der Waals surface area contributed by atoms with E-state index < -0.39 is 0 Å². The third-order valence-corrected chi connectivity index (χ3v) is 3.75. The van der Waals surface area contributed by atoms with E-state index in [0.717, 1.165) is 24.8 Å². The van der Waals surface area contributed by atoms with Crippen molar-refractivity contribution in [3.8, 4) is 0 Å². The monoisotopic (exact) mass is 332 g/mol. The largest absolute Gasteiger partial charge is 0.364 e. The smallest absolute Gasteiger partial charge is 0.271 e. The summed E-state index contributed by atoms with van der Waals surface area (Å²) in [5.74, 6) is 0.415. The second-order valence-electron chi connectivity index (χ2n) is 5.21. The van der Waals surface area contributed by atoms with Crippen molar-refractivity contribution in [2.45, 2.75) is 32.7 Å². The van der Waals surface area contributed by atoms with Gasteiger partial charge in [-0.25, -0.2) is 0 Å². The van der Waals surface area contributed by atoms with Gasteiger partial charge in [-0.2, -0.15) is 0 Å². The van der Waals surface area contributed by atoms with Crippen molar-refractivity contribution in [2.75, 3.05) is 11.9 Å². The normalized spacial score (nSPS) is 10.3. The minimum atomic E-state index is -0.189. The second-order valence-corrected chi connectivity index (χ2v) is 5.62.